The molecular weight excluding hydrogens is 271 g/mol. The Hall–Kier alpha value is -1.08. The molecule has 0 unspecified atom stereocenters. The number of halogens is 3. The molecule has 0 bridgehead atoms. The molecule has 1 heterocycles. The second-order valence-corrected chi connectivity index (χ2v) is 5.43. The van der Waals surface area contributed by atoms with E-state index in [2.05, 4.69) is 10.5 Å². The van der Waals surface area contributed by atoms with Crippen LogP contribution in [-0.2, 0) is 13.1 Å². The normalized spacial score (nSPS) is 12.9. The first kappa shape index (κ1) is 17.0. The van der Waals surface area contributed by atoms with Crippen molar-refractivity contribution in [2.45, 2.75) is 59.0 Å². The van der Waals surface area contributed by atoms with E-state index in [1.165, 1.54) is 4.90 Å². The maximum atomic E-state index is 12.5. The zero-order chi connectivity index (χ0) is 15.3. The minimum Gasteiger partial charge on any atom is -0.360 e. The number of nitrogens with one attached hydrogen (secondary N) is 1. The molecular formula is C13H22F3N3O. The van der Waals surface area contributed by atoms with E-state index in [9.17, 15) is 13.2 Å². The van der Waals surface area contributed by atoms with Crippen LogP contribution in [0.1, 0.15) is 39.1 Å². The summed E-state index contributed by atoms with van der Waals surface area (Å²) in [5.41, 5.74) is 0.699. The summed E-state index contributed by atoms with van der Waals surface area (Å²) in [4.78, 5) is 1.31. The van der Waals surface area contributed by atoms with Crippen molar-refractivity contribution in [3.05, 3.63) is 17.5 Å². The lowest BCUT2D eigenvalue weighted by Crippen LogP contribution is -2.38. The molecule has 0 aliphatic rings. The molecule has 0 saturated heterocycles. The van der Waals surface area contributed by atoms with Gasteiger partial charge < -0.3 is 9.84 Å². The van der Waals surface area contributed by atoms with Crippen LogP contribution in [0.4, 0.5) is 13.2 Å². The number of hydrogen-bond donors (Lipinski definition) is 1. The Kier molecular flexibility index (Phi) is 6.01. The van der Waals surface area contributed by atoms with E-state index < -0.39 is 12.7 Å². The van der Waals surface area contributed by atoms with Crippen molar-refractivity contribution in [2.24, 2.45) is 0 Å². The maximum absolute atomic E-state index is 12.5. The highest BCUT2D eigenvalue weighted by Gasteiger charge is 2.32. The molecule has 20 heavy (non-hydrogen) atoms. The smallest absolute Gasteiger partial charge is 0.360 e. The van der Waals surface area contributed by atoms with Crippen molar-refractivity contribution >= 4 is 0 Å². The second-order valence-electron chi connectivity index (χ2n) is 5.43. The second kappa shape index (κ2) is 7.08. The molecule has 0 spiro atoms. The maximum Gasteiger partial charge on any atom is 0.401 e. The largest absolute Gasteiger partial charge is 0.401 e. The van der Waals surface area contributed by atoms with Crippen LogP contribution in [0, 0.1) is 0 Å². The minimum absolute atomic E-state index is 0.103. The first-order valence-corrected chi connectivity index (χ1v) is 6.66. The van der Waals surface area contributed by atoms with Gasteiger partial charge in [-0.05, 0) is 13.8 Å². The Labute approximate surface area is 117 Å². The molecule has 1 aromatic heterocycles. The molecule has 0 atom stereocenters. The van der Waals surface area contributed by atoms with Gasteiger partial charge in [-0.25, -0.2) is 0 Å². The van der Waals surface area contributed by atoms with Crippen molar-refractivity contribution in [2.75, 3.05) is 6.54 Å². The van der Waals surface area contributed by atoms with E-state index in [-0.39, 0.29) is 12.6 Å². The number of hydrogen-bond acceptors (Lipinski definition) is 4. The predicted molar refractivity (Wildman–Crippen MR) is 70.1 cm³/mol. The molecule has 4 nitrogen and oxygen atoms in total. The molecule has 0 amide bonds. The Bertz CT molecular complexity index is 402. The summed E-state index contributed by atoms with van der Waals surface area (Å²) < 4.78 is 42.6. The van der Waals surface area contributed by atoms with Crippen LogP contribution in [0.25, 0.3) is 0 Å². The third kappa shape index (κ3) is 6.38. The van der Waals surface area contributed by atoms with E-state index in [1.54, 1.807) is 19.9 Å². The van der Waals surface area contributed by atoms with Gasteiger partial charge in [0.15, 0.2) is 5.76 Å². The van der Waals surface area contributed by atoms with E-state index >= 15 is 0 Å². The molecule has 1 rings (SSSR count). The molecule has 0 radical (unpaired) electrons. The Balaban J connectivity index is 2.60. The van der Waals surface area contributed by atoms with Gasteiger partial charge in [0.05, 0.1) is 18.8 Å². The summed E-state index contributed by atoms with van der Waals surface area (Å²) in [6, 6.07) is 1.78. The number of aromatic nitrogens is 1. The highest BCUT2D eigenvalue weighted by molar-refractivity contribution is 5.05. The molecule has 116 valence electrons. The van der Waals surface area contributed by atoms with Gasteiger partial charge in [-0.2, -0.15) is 13.2 Å². The fourth-order valence-corrected chi connectivity index (χ4v) is 1.67. The highest BCUT2D eigenvalue weighted by Crippen LogP contribution is 2.20. The third-order valence-electron chi connectivity index (χ3n) is 2.77. The highest BCUT2D eigenvalue weighted by atomic mass is 19.4. The zero-order valence-corrected chi connectivity index (χ0v) is 12.3. The molecule has 0 saturated carbocycles. The number of nitrogens with zero attached hydrogens (tertiary/aromatic N) is 2. The van der Waals surface area contributed by atoms with E-state index in [0.29, 0.717) is 24.0 Å². The minimum atomic E-state index is -4.22. The van der Waals surface area contributed by atoms with E-state index in [0.717, 1.165) is 0 Å². The van der Waals surface area contributed by atoms with Crippen molar-refractivity contribution in [1.82, 2.24) is 15.4 Å². The SMILES string of the molecule is CC(C)NCc1cc(CN(CC(F)(F)F)C(C)C)on1. The topological polar surface area (TPSA) is 41.3 Å². The molecule has 0 fully saturated rings. The van der Waals surface area contributed by atoms with E-state index in [4.69, 9.17) is 4.52 Å². The Morgan fingerprint density at radius 2 is 1.95 bits per heavy atom. The van der Waals surface area contributed by atoms with Gasteiger partial charge in [0.1, 0.15) is 0 Å². The lowest BCUT2D eigenvalue weighted by atomic mass is 10.2. The molecule has 0 aliphatic heterocycles. The molecule has 0 aromatic carbocycles. The molecule has 0 aliphatic carbocycles. The average molecular weight is 293 g/mol. The summed E-state index contributed by atoms with van der Waals surface area (Å²) in [7, 11) is 0. The van der Waals surface area contributed by atoms with Crippen LogP contribution >= 0.6 is 0 Å². The van der Waals surface area contributed by atoms with Gasteiger partial charge >= 0.3 is 6.18 Å². The quantitative estimate of drug-likeness (QED) is 0.839. The standard InChI is InChI=1S/C13H22F3N3O/c1-9(2)17-6-11-5-12(20-18-11)7-19(10(3)4)8-13(14,15)16/h5,9-10,17H,6-8H2,1-4H3. The summed E-state index contributed by atoms with van der Waals surface area (Å²) in [5.74, 6) is 0.448. The van der Waals surface area contributed by atoms with Crippen LogP contribution in [0.5, 0.6) is 0 Å². The van der Waals surface area contributed by atoms with Gasteiger partial charge in [0, 0.05) is 24.7 Å². The van der Waals surface area contributed by atoms with Crippen LogP contribution in [-0.4, -0.2) is 34.9 Å². The summed E-state index contributed by atoms with van der Waals surface area (Å²) in [6.07, 6.45) is -4.22. The van der Waals surface area contributed by atoms with Crippen molar-refractivity contribution in [3.8, 4) is 0 Å². The first-order valence-electron chi connectivity index (χ1n) is 6.66. The molecule has 1 N–H and O–H groups in total. The van der Waals surface area contributed by atoms with Crippen LogP contribution in [0.15, 0.2) is 10.6 Å². The Morgan fingerprint density at radius 3 is 2.45 bits per heavy atom. The number of rotatable bonds is 7. The van der Waals surface area contributed by atoms with E-state index in [1.807, 2.05) is 13.8 Å². The lowest BCUT2D eigenvalue weighted by molar-refractivity contribution is -0.151. The zero-order valence-electron chi connectivity index (χ0n) is 12.3. The van der Waals surface area contributed by atoms with Gasteiger partial charge in [-0.1, -0.05) is 19.0 Å². The van der Waals surface area contributed by atoms with Crippen LogP contribution < -0.4 is 5.32 Å². The van der Waals surface area contributed by atoms with Gasteiger partial charge in [-0.15, -0.1) is 0 Å². The number of alkyl halides is 3. The monoisotopic (exact) mass is 293 g/mol. The summed E-state index contributed by atoms with van der Waals surface area (Å²) >= 11 is 0. The Morgan fingerprint density at radius 1 is 1.30 bits per heavy atom. The van der Waals surface area contributed by atoms with Gasteiger partial charge in [-0.3, -0.25) is 4.90 Å². The van der Waals surface area contributed by atoms with Crippen molar-refractivity contribution in [3.63, 3.8) is 0 Å². The average Bonchev–Trinajstić information content (AvgIpc) is 2.71. The first-order chi connectivity index (χ1) is 9.17. The summed E-state index contributed by atoms with van der Waals surface area (Å²) in [6.45, 7) is 7.15. The van der Waals surface area contributed by atoms with Crippen LogP contribution in [0.3, 0.4) is 0 Å². The fraction of sp³-hybridized carbons (Fsp3) is 0.769. The van der Waals surface area contributed by atoms with Crippen molar-refractivity contribution < 1.29 is 17.7 Å². The molecule has 7 heteroatoms. The third-order valence-corrected chi connectivity index (χ3v) is 2.77. The van der Waals surface area contributed by atoms with Crippen LogP contribution in [0.2, 0.25) is 0 Å². The summed E-state index contributed by atoms with van der Waals surface area (Å²) in [5, 5.41) is 7.02. The fourth-order valence-electron chi connectivity index (χ4n) is 1.67. The van der Waals surface area contributed by atoms with Crippen molar-refractivity contribution in [1.29, 1.82) is 0 Å². The predicted octanol–water partition coefficient (Wildman–Crippen LogP) is 2.95. The van der Waals surface area contributed by atoms with Gasteiger partial charge in [0.25, 0.3) is 0 Å². The van der Waals surface area contributed by atoms with Gasteiger partial charge in [0.2, 0.25) is 0 Å². The molecule has 1 aromatic rings. The lowest BCUT2D eigenvalue weighted by Gasteiger charge is -2.26.